The van der Waals surface area contributed by atoms with E-state index in [4.69, 9.17) is 4.52 Å². The summed E-state index contributed by atoms with van der Waals surface area (Å²) < 4.78 is 10.7. The summed E-state index contributed by atoms with van der Waals surface area (Å²) in [5.41, 5.74) is 0.866. The highest BCUT2D eigenvalue weighted by atomic mass is 79.9. The van der Waals surface area contributed by atoms with E-state index in [0.717, 1.165) is 10.0 Å². The van der Waals surface area contributed by atoms with Gasteiger partial charge < -0.3 is 9.26 Å². The Hall–Kier alpha value is -1.73. The van der Waals surface area contributed by atoms with E-state index in [1.54, 1.807) is 11.9 Å². The fraction of sp³-hybridized carbons (Fsp3) is 0.308. The normalized spacial score (nSPS) is 10.8. The number of hydrogen-bond acceptors (Lipinski definition) is 6. The summed E-state index contributed by atoms with van der Waals surface area (Å²) in [6.45, 7) is 0.557. The minimum absolute atomic E-state index is 0.172. The van der Waals surface area contributed by atoms with Crippen LogP contribution in [0, 0.1) is 0 Å². The Balaban J connectivity index is 2.04. The second kappa shape index (κ2) is 6.62. The van der Waals surface area contributed by atoms with Crippen molar-refractivity contribution in [3.63, 3.8) is 0 Å². The van der Waals surface area contributed by atoms with Crippen LogP contribution in [0.3, 0.4) is 0 Å². The van der Waals surface area contributed by atoms with Gasteiger partial charge in [-0.2, -0.15) is 4.98 Å². The number of likely N-dealkylation sites (N-methyl/N-ethyl adjacent to an activating group) is 1. The van der Waals surface area contributed by atoms with Crippen LogP contribution in [0.5, 0.6) is 0 Å². The van der Waals surface area contributed by atoms with Gasteiger partial charge in [0, 0.05) is 10.0 Å². The summed E-state index contributed by atoms with van der Waals surface area (Å²) in [5.74, 6) is 0.665. The van der Waals surface area contributed by atoms with Crippen LogP contribution in [0.2, 0.25) is 0 Å². The van der Waals surface area contributed by atoms with Gasteiger partial charge in [-0.15, -0.1) is 0 Å². The van der Waals surface area contributed by atoms with Crippen molar-refractivity contribution in [3.8, 4) is 11.4 Å². The smallest absolute Gasteiger partial charge is 0.319 e. The molecule has 0 saturated carbocycles. The third-order valence-electron chi connectivity index (χ3n) is 2.58. The van der Waals surface area contributed by atoms with E-state index in [0.29, 0.717) is 18.3 Å². The molecule has 0 aliphatic heterocycles. The average Bonchev–Trinajstić information content (AvgIpc) is 2.87. The van der Waals surface area contributed by atoms with Gasteiger partial charge in [0.05, 0.1) is 20.2 Å². The number of carbonyl (C=O) groups excluding carboxylic acids is 1. The summed E-state index contributed by atoms with van der Waals surface area (Å²) in [7, 11) is 3.13. The van der Waals surface area contributed by atoms with Crippen LogP contribution < -0.4 is 0 Å². The first-order valence-corrected chi connectivity index (χ1v) is 6.71. The molecule has 0 amide bonds. The van der Waals surface area contributed by atoms with Gasteiger partial charge in [0.25, 0.3) is 0 Å². The Kier molecular flexibility index (Phi) is 4.86. The monoisotopic (exact) mass is 339 g/mol. The van der Waals surface area contributed by atoms with Crippen LogP contribution in [0.15, 0.2) is 33.3 Å². The standard InChI is InChI=1S/C13H14BrN3O3/c1-17(8-12(18)19-2)7-11-15-13(16-20-11)9-4-3-5-10(14)6-9/h3-6H,7-8H2,1-2H3. The molecule has 0 saturated heterocycles. The van der Waals surface area contributed by atoms with Gasteiger partial charge in [0.2, 0.25) is 11.7 Å². The maximum Gasteiger partial charge on any atom is 0.319 e. The lowest BCUT2D eigenvalue weighted by molar-refractivity contribution is -0.141. The molecule has 0 spiro atoms. The van der Waals surface area contributed by atoms with Crippen LogP contribution in [0.25, 0.3) is 11.4 Å². The molecule has 1 heterocycles. The molecule has 6 nitrogen and oxygen atoms in total. The number of rotatable bonds is 5. The Morgan fingerprint density at radius 3 is 3.00 bits per heavy atom. The predicted octanol–water partition coefficient (Wildman–Crippen LogP) is 2.10. The molecule has 20 heavy (non-hydrogen) atoms. The molecule has 1 aromatic heterocycles. The van der Waals surface area contributed by atoms with Gasteiger partial charge in [-0.25, -0.2) is 0 Å². The van der Waals surface area contributed by atoms with Crippen LogP contribution in [0.4, 0.5) is 0 Å². The zero-order chi connectivity index (χ0) is 14.5. The van der Waals surface area contributed by atoms with Gasteiger partial charge >= 0.3 is 5.97 Å². The number of benzene rings is 1. The first-order valence-electron chi connectivity index (χ1n) is 5.92. The lowest BCUT2D eigenvalue weighted by atomic mass is 10.2. The highest BCUT2D eigenvalue weighted by molar-refractivity contribution is 9.10. The van der Waals surface area contributed by atoms with Crippen molar-refractivity contribution in [1.29, 1.82) is 0 Å². The molecule has 2 rings (SSSR count). The Bertz CT molecular complexity index is 600. The Labute approximate surface area is 124 Å². The maximum atomic E-state index is 11.1. The average molecular weight is 340 g/mol. The summed E-state index contributed by atoms with van der Waals surface area (Å²) in [6.07, 6.45) is 0. The van der Waals surface area contributed by atoms with Gasteiger partial charge in [-0.3, -0.25) is 9.69 Å². The van der Waals surface area contributed by atoms with E-state index in [9.17, 15) is 4.79 Å². The molecule has 7 heteroatoms. The summed E-state index contributed by atoms with van der Waals surface area (Å²) >= 11 is 3.40. The number of methoxy groups -OCH3 is 1. The molecule has 0 radical (unpaired) electrons. The maximum absolute atomic E-state index is 11.1. The third kappa shape index (κ3) is 3.88. The topological polar surface area (TPSA) is 68.5 Å². The lowest BCUT2D eigenvalue weighted by Gasteiger charge is -2.11. The zero-order valence-corrected chi connectivity index (χ0v) is 12.8. The number of hydrogen-bond donors (Lipinski definition) is 0. The summed E-state index contributed by atoms with van der Waals surface area (Å²) in [6, 6.07) is 7.64. The molecule has 0 fully saturated rings. The minimum Gasteiger partial charge on any atom is -0.468 e. The van der Waals surface area contributed by atoms with E-state index >= 15 is 0 Å². The number of ether oxygens (including phenoxy) is 1. The quantitative estimate of drug-likeness (QED) is 0.777. The van der Waals surface area contributed by atoms with Crippen molar-refractivity contribution in [1.82, 2.24) is 15.0 Å². The zero-order valence-electron chi connectivity index (χ0n) is 11.2. The number of carbonyl (C=O) groups is 1. The van der Waals surface area contributed by atoms with Gasteiger partial charge in [0.1, 0.15) is 0 Å². The van der Waals surface area contributed by atoms with Crippen LogP contribution in [0.1, 0.15) is 5.89 Å². The molecule has 1 aromatic carbocycles. The van der Waals surface area contributed by atoms with Crippen molar-refractivity contribution in [2.75, 3.05) is 20.7 Å². The Morgan fingerprint density at radius 1 is 1.50 bits per heavy atom. The van der Waals surface area contributed by atoms with Gasteiger partial charge in [0.15, 0.2) is 0 Å². The lowest BCUT2D eigenvalue weighted by Crippen LogP contribution is -2.26. The molecule has 106 valence electrons. The van der Waals surface area contributed by atoms with E-state index in [1.807, 2.05) is 24.3 Å². The predicted molar refractivity (Wildman–Crippen MR) is 75.8 cm³/mol. The highest BCUT2D eigenvalue weighted by Crippen LogP contribution is 2.20. The molecule has 2 aromatic rings. The van der Waals surface area contributed by atoms with E-state index in [1.165, 1.54) is 7.11 Å². The highest BCUT2D eigenvalue weighted by Gasteiger charge is 2.13. The van der Waals surface area contributed by atoms with Crippen LogP contribution in [-0.4, -0.2) is 41.7 Å². The fourth-order valence-corrected chi connectivity index (χ4v) is 2.03. The first-order chi connectivity index (χ1) is 9.58. The summed E-state index contributed by atoms with van der Waals surface area (Å²) in [4.78, 5) is 17.2. The van der Waals surface area contributed by atoms with E-state index in [2.05, 4.69) is 30.8 Å². The molecule has 0 N–H and O–H groups in total. The van der Waals surface area contributed by atoms with Crippen molar-refractivity contribution >= 4 is 21.9 Å². The minimum atomic E-state index is -0.306. The SMILES string of the molecule is COC(=O)CN(C)Cc1nc(-c2cccc(Br)c2)no1. The molecular formula is C13H14BrN3O3. The van der Waals surface area contributed by atoms with Crippen molar-refractivity contribution < 1.29 is 14.1 Å². The van der Waals surface area contributed by atoms with Crippen LogP contribution in [-0.2, 0) is 16.1 Å². The second-order valence-corrected chi connectivity index (χ2v) is 5.19. The first kappa shape index (κ1) is 14.7. The molecule has 0 unspecified atom stereocenters. The van der Waals surface area contributed by atoms with Crippen molar-refractivity contribution in [3.05, 3.63) is 34.6 Å². The van der Waals surface area contributed by atoms with Gasteiger partial charge in [-0.1, -0.05) is 33.2 Å². The Morgan fingerprint density at radius 2 is 2.30 bits per heavy atom. The summed E-state index contributed by atoms with van der Waals surface area (Å²) in [5, 5.41) is 3.93. The molecular weight excluding hydrogens is 326 g/mol. The number of halogens is 1. The largest absolute Gasteiger partial charge is 0.468 e. The van der Waals surface area contributed by atoms with Gasteiger partial charge in [-0.05, 0) is 19.2 Å². The molecule has 0 bridgehead atoms. The van der Waals surface area contributed by atoms with Crippen LogP contribution >= 0.6 is 15.9 Å². The molecule has 0 atom stereocenters. The molecule has 0 aliphatic carbocycles. The van der Waals surface area contributed by atoms with E-state index < -0.39 is 0 Å². The van der Waals surface area contributed by atoms with Crippen molar-refractivity contribution in [2.24, 2.45) is 0 Å². The third-order valence-corrected chi connectivity index (χ3v) is 3.08. The van der Waals surface area contributed by atoms with Crippen molar-refractivity contribution in [2.45, 2.75) is 6.54 Å². The second-order valence-electron chi connectivity index (χ2n) is 4.27. The fourth-order valence-electron chi connectivity index (χ4n) is 1.64. The van der Waals surface area contributed by atoms with E-state index in [-0.39, 0.29) is 12.5 Å². The molecule has 0 aliphatic rings. The number of esters is 1. The number of nitrogens with zero attached hydrogens (tertiary/aromatic N) is 3. The number of aromatic nitrogens is 2.